The fourth-order valence-corrected chi connectivity index (χ4v) is 2.43. The number of nitrogens with one attached hydrogen (secondary N) is 1. The van der Waals surface area contributed by atoms with Gasteiger partial charge in [-0.1, -0.05) is 12.1 Å². The van der Waals surface area contributed by atoms with Crippen LogP contribution in [0, 0.1) is 5.82 Å². The van der Waals surface area contributed by atoms with Crippen molar-refractivity contribution in [3.8, 4) is 17.0 Å². The molecule has 0 aliphatic carbocycles. The summed E-state index contributed by atoms with van der Waals surface area (Å²) in [7, 11) is 1.48. The molecule has 0 bridgehead atoms. The SMILES string of the molecule is Cn1[nH]c(-c2ccccc2F)c(C=Nc2ccc(OC(F)(F)F)cc2)c1=O. The van der Waals surface area contributed by atoms with E-state index in [9.17, 15) is 22.4 Å². The summed E-state index contributed by atoms with van der Waals surface area (Å²) in [5.74, 6) is -0.895. The van der Waals surface area contributed by atoms with Gasteiger partial charge in [0.25, 0.3) is 5.56 Å². The quantitative estimate of drug-likeness (QED) is 0.546. The van der Waals surface area contributed by atoms with Crippen LogP contribution in [0.25, 0.3) is 11.3 Å². The fraction of sp³-hybridized carbons (Fsp3) is 0.111. The Morgan fingerprint density at radius 2 is 1.78 bits per heavy atom. The number of ether oxygens (including phenoxy) is 1. The number of hydrogen-bond donors (Lipinski definition) is 1. The highest BCUT2D eigenvalue weighted by Crippen LogP contribution is 2.25. The first-order chi connectivity index (χ1) is 12.7. The van der Waals surface area contributed by atoms with Gasteiger partial charge in [0.1, 0.15) is 11.6 Å². The molecule has 0 saturated carbocycles. The molecule has 140 valence electrons. The van der Waals surface area contributed by atoms with Gasteiger partial charge in [0.05, 0.1) is 16.9 Å². The predicted molar refractivity (Wildman–Crippen MR) is 91.8 cm³/mol. The van der Waals surface area contributed by atoms with E-state index in [0.29, 0.717) is 5.69 Å². The summed E-state index contributed by atoms with van der Waals surface area (Å²) in [4.78, 5) is 16.4. The number of rotatable bonds is 4. The number of alkyl halides is 3. The zero-order chi connectivity index (χ0) is 19.6. The van der Waals surface area contributed by atoms with Crippen LogP contribution in [-0.4, -0.2) is 22.4 Å². The maximum Gasteiger partial charge on any atom is 0.573 e. The zero-order valence-electron chi connectivity index (χ0n) is 13.9. The minimum Gasteiger partial charge on any atom is -0.406 e. The summed E-state index contributed by atoms with van der Waals surface area (Å²) in [5.41, 5.74) is 0.450. The molecule has 0 atom stereocenters. The van der Waals surface area contributed by atoms with Gasteiger partial charge in [-0.2, -0.15) is 0 Å². The highest BCUT2D eigenvalue weighted by molar-refractivity contribution is 5.90. The third-order valence-electron chi connectivity index (χ3n) is 3.64. The van der Waals surface area contributed by atoms with E-state index in [4.69, 9.17) is 0 Å². The van der Waals surface area contributed by atoms with Crippen molar-refractivity contribution in [2.45, 2.75) is 6.36 Å². The Kier molecular flexibility index (Phi) is 4.85. The molecule has 1 aromatic heterocycles. The molecule has 3 rings (SSSR count). The highest BCUT2D eigenvalue weighted by atomic mass is 19.4. The number of aromatic amines is 1. The molecule has 0 aliphatic heterocycles. The summed E-state index contributed by atoms with van der Waals surface area (Å²) in [6.07, 6.45) is -3.54. The maximum absolute atomic E-state index is 14.1. The van der Waals surface area contributed by atoms with E-state index < -0.39 is 17.7 Å². The van der Waals surface area contributed by atoms with Gasteiger partial charge in [0.2, 0.25) is 0 Å². The molecule has 0 amide bonds. The minimum absolute atomic E-state index is 0.123. The Morgan fingerprint density at radius 3 is 2.41 bits per heavy atom. The van der Waals surface area contributed by atoms with E-state index in [1.54, 1.807) is 6.07 Å². The fourth-order valence-electron chi connectivity index (χ4n) is 2.43. The van der Waals surface area contributed by atoms with E-state index in [1.807, 2.05) is 0 Å². The summed E-state index contributed by atoms with van der Waals surface area (Å²) < 4.78 is 55.5. The number of aliphatic imine (C=N–C) groups is 1. The van der Waals surface area contributed by atoms with Crippen molar-refractivity contribution in [1.82, 2.24) is 9.78 Å². The second-order valence-electron chi connectivity index (χ2n) is 5.54. The molecule has 3 aromatic rings. The van der Waals surface area contributed by atoms with Crippen LogP contribution in [0.1, 0.15) is 5.56 Å². The van der Waals surface area contributed by atoms with Crippen molar-refractivity contribution < 1.29 is 22.3 Å². The number of nitrogens with zero attached hydrogens (tertiary/aromatic N) is 2. The molecule has 5 nitrogen and oxygen atoms in total. The van der Waals surface area contributed by atoms with Crippen LogP contribution in [0.4, 0.5) is 23.2 Å². The van der Waals surface area contributed by atoms with Gasteiger partial charge in [-0.3, -0.25) is 19.6 Å². The van der Waals surface area contributed by atoms with Crippen LogP contribution < -0.4 is 10.3 Å². The van der Waals surface area contributed by atoms with Gasteiger partial charge in [-0.25, -0.2) is 4.39 Å². The van der Waals surface area contributed by atoms with Crippen molar-refractivity contribution in [2.75, 3.05) is 0 Å². The monoisotopic (exact) mass is 379 g/mol. The molecule has 0 radical (unpaired) electrons. The van der Waals surface area contributed by atoms with Crippen LogP contribution in [0.2, 0.25) is 0 Å². The van der Waals surface area contributed by atoms with Crippen molar-refractivity contribution in [1.29, 1.82) is 0 Å². The van der Waals surface area contributed by atoms with E-state index in [1.165, 1.54) is 48.3 Å². The first-order valence-corrected chi connectivity index (χ1v) is 7.68. The molecular weight excluding hydrogens is 366 g/mol. The molecular formula is C18H13F4N3O2. The number of benzene rings is 2. The average molecular weight is 379 g/mol. The Hall–Kier alpha value is -3.36. The normalized spacial score (nSPS) is 11.9. The molecule has 27 heavy (non-hydrogen) atoms. The molecule has 1 heterocycles. The lowest BCUT2D eigenvalue weighted by molar-refractivity contribution is -0.274. The van der Waals surface area contributed by atoms with E-state index in [0.717, 1.165) is 12.1 Å². The smallest absolute Gasteiger partial charge is 0.406 e. The van der Waals surface area contributed by atoms with Crippen LogP contribution in [-0.2, 0) is 7.05 Å². The lowest BCUT2D eigenvalue weighted by Crippen LogP contribution is -2.16. The number of hydrogen-bond acceptors (Lipinski definition) is 3. The molecule has 2 aromatic carbocycles. The van der Waals surface area contributed by atoms with Gasteiger partial charge < -0.3 is 4.74 Å². The molecule has 0 saturated heterocycles. The van der Waals surface area contributed by atoms with Crippen molar-refractivity contribution >= 4 is 11.9 Å². The molecule has 0 unspecified atom stereocenters. The minimum atomic E-state index is -4.78. The Balaban J connectivity index is 1.92. The predicted octanol–water partition coefficient (Wildman–Crippen LogP) is 4.17. The van der Waals surface area contributed by atoms with Crippen LogP contribution >= 0.6 is 0 Å². The third kappa shape index (κ3) is 4.25. The summed E-state index contributed by atoms with van der Waals surface area (Å²) in [6.45, 7) is 0. The Bertz CT molecular complexity index is 1030. The molecule has 0 aliphatic rings. The number of aryl methyl sites for hydroxylation is 1. The topological polar surface area (TPSA) is 59.4 Å². The second kappa shape index (κ2) is 7.10. The summed E-state index contributed by atoms with van der Waals surface area (Å²) in [6, 6.07) is 10.7. The van der Waals surface area contributed by atoms with Gasteiger partial charge in [-0.05, 0) is 36.4 Å². The van der Waals surface area contributed by atoms with Gasteiger partial charge in [0, 0.05) is 18.8 Å². The lowest BCUT2D eigenvalue weighted by Gasteiger charge is -2.08. The van der Waals surface area contributed by atoms with Crippen LogP contribution in [0.5, 0.6) is 5.75 Å². The van der Waals surface area contributed by atoms with E-state index in [-0.39, 0.29) is 22.6 Å². The van der Waals surface area contributed by atoms with Crippen molar-refractivity contribution in [3.63, 3.8) is 0 Å². The summed E-state index contributed by atoms with van der Waals surface area (Å²) in [5, 5.41) is 2.77. The van der Waals surface area contributed by atoms with Crippen molar-refractivity contribution in [3.05, 3.63) is 70.3 Å². The molecule has 0 fully saturated rings. The second-order valence-corrected chi connectivity index (χ2v) is 5.54. The molecule has 0 spiro atoms. The van der Waals surface area contributed by atoms with Crippen LogP contribution in [0.3, 0.4) is 0 Å². The van der Waals surface area contributed by atoms with Crippen molar-refractivity contribution in [2.24, 2.45) is 12.0 Å². The lowest BCUT2D eigenvalue weighted by atomic mass is 10.1. The van der Waals surface area contributed by atoms with Gasteiger partial charge in [-0.15, -0.1) is 13.2 Å². The molecule has 1 N–H and O–H groups in total. The first kappa shape index (κ1) is 18.4. The largest absolute Gasteiger partial charge is 0.573 e. The first-order valence-electron chi connectivity index (χ1n) is 7.68. The van der Waals surface area contributed by atoms with E-state index >= 15 is 0 Å². The average Bonchev–Trinajstić information content (AvgIpc) is 2.88. The van der Waals surface area contributed by atoms with Crippen LogP contribution in [0.15, 0.2) is 58.3 Å². The van der Waals surface area contributed by atoms with Gasteiger partial charge >= 0.3 is 6.36 Å². The Labute approximate surface area is 150 Å². The number of halogens is 4. The standard InChI is InChI=1S/C18H13F4N3O2/c1-25-17(26)14(16(24-25)13-4-2-3-5-15(13)19)10-23-11-6-8-12(9-7-11)27-18(20,21)22/h2-10,24H,1H3. The highest BCUT2D eigenvalue weighted by Gasteiger charge is 2.30. The number of aromatic nitrogens is 2. The third-order valence-corrected chi connectivity index (χ3v) is 3.64. The maximum atomic E-state index is 14.1. The van der Waals surface area contributed by atoms with Gasteiger partial charge in [0.15, 0.2) is 0 Å². The Morgan fingerprint density at radius 1 is 1.11 bits per heavy atom. The van der Waals surface area contributed by atoms with E-state index in [2.05, 4.69) is 14.8 Å². The molecule has 9 heteroatoms. The zero-order valence-corrected chi connectivity index (χ0v) is 13.9. The summed E-state index contributed by atoms with van der Waals surface area (Å²) >= 11 is 0. The number of H-pyrrole nitrogens is 1.